The largest absolute Gasteiger partial charge is 0.272 e. The molecule has 0 radical (unpaired) electrons. The highest BCUT2D eigenvalue weighted by Crippen LogP contribution is 2.37. The van der Waals surface area contributed by atoms with E-state index < -0.39 is 11.6 Å². The van der Waals surface area contributed by atoms with Crippen LogP contribution in [0, 0.1) is 30.4 Å². The van der Waals surface area contributed by atoms with Gasteiger partial charge in [-0.15, -0.1) is 0 Å². The summed E-state index contributed by atoms with van der Waals surface area (Å²) < 4.78 is 28.8. The van der Waals surface area contributed by atoms with Gasteiger partial charge in [-0.3, -0.25) is 9.63 Å². The van der Waals surface area contributed by atoms with Crippen LogP contribution in [0.15, 0.2) is 36.5 Å². The van der Waals surface area contributed by atoms with Crippen LogP contribution in [0.5, 0.6) is 0 Å². The van der Waals surface area contributed by atoms with Crippen molar-refractivity contribution in [2.45, 2.75) is 51.5 Å². The van der Waals surface area contributed by atoms with Gasteiger partial charge in [0, 0.05) is 18.5 Å². The van der Waals surface area contributed by atoms with Crippen molar-refractivity contribution in [2.75, 3.05) is 6.61 Å². The molecule has 1 atom stereocenters. The molecule has 1 saturated carbocycles. The van der Waals surface area contributed by atoms with E-state index in [1.165, 1.54) is 22.8 Å². The highest BCUT2D eigenvalue weighted by molar-refractivity contribution is 5.78. The van der Waals surface area contributed by atoms with Crippen molar-refractivity contribution >= 4 is 11.6 Å². The summed E-state index contributed by atoms with van der Waals surface area (Å²) in [6.07, 6.45) is 7.11. The second-order valence-corrected chi connectivity index (χ2v) is 8.90. The number of amides is 1. The van der Waals surface area contributed by atoms with Crippen molar-refractivity contribution in [3.8, 4) is 0 Å². The van der Waals surface area contributed by atoms with Gasteiger partial charge in [-0.05, 0) is 74.3 Å². The molecule has 3 heterocycles. The predicted octanol–water partition coefficient (Wildman–Crippen LogP) is 4.57. The molecule has 2 aliphatic rings. The fourth-order valence-corrected chi connectivity index (χ4v) is 4.99. The molecule has 2 fully saturated rings. The number of aromatic nitrogens is 3. The Morgan fingerprint density at radius 3 is 2.69 bits per heavy atom. The van der Waals surface area contributed by atoms with Crippen LogP contribution in [-0.2, 0) is 16.1 Å². The lowest BCUT2D eigenvalue weighted by molar-refractivity contribution is -0.183. The Balaban J connectivity index is 1.20. The highest BCUT2D eigenvalue weighted by atomic mass is 19.2. The van der Waals surface area contributed by atoms with Crippen LogP contribution in [-0.4, -0.2) is 32.2 Å². The van der Waals surface area contributed by atoms with Crippen molar-refractivity contribution in [3.63, 3.8) is 0 Å². The second kappa shape index (κ2) is 8.58. The molecule has 1 aromatic carbocycles. The lowest BCUT2D eigenvalue weighted by atomic mass is 9.79. The maximum atomic E-state index is 13.7. The summed E-state index contributed by atoms with van der Waals surface area (Å²) in [5, 5.41) is 5.79. The van der Waals surface area contributed by atoms with Gasteiger partial charge in [-0.1, -0.05) is 12.1 Å². The number of hydrogen-bond donors (Lipinski definition) is 0. The summed E-state index contributed by atoms with van der Waals surface area (Å²) in [6.45, 7) is 2.28. The summed E-state index contributed by atoms with van der Waals surface area (Å²) in [4.78, 5) is 23.2. The van der Waals surface area contributed by atoms with E-state index in [0.29, 0.717) is 24.5 Å². The van der Waals surface area contributed by atoms with Gasteiger partial charge in [0.2, 0.25) is 5.91 Å². The number of benzene rings is 1. The molecule has 32 heavy (non-hydrogen) atoms. The minimum Gasteiger partial charge on any atom is -0.272 e. The smallest absolute Gasteiger partial charge is 0.249 e. The normalized spacial score (nSPS) is 23.7. The fourth-order valence-electron chi connectivity index (χ4n) is 4.99. The number of carbonyl (C=O) groups excluding carboxylic acids is 1. The number of hydrogen-bond acceptors (Lipinski definition) is 4. The molecule has 0 spiro atoms. The first-order valence-corrected chi connectivity index (χ1v) is 11.2. The van der Waals surface area contributed by atoms with E-state index in [9.17, 15) is 13.6 Å². The molecule has 2 aromatic heterocycles. The zero-order valence-electron chi connectivity index (χ0n) is 18.0. The number of hydroxylamine groups is 2. The van der Waals surface area contributed by atoms with Gasteiger partial charge in [0.15, 0.2) is 17.3 Å². The quantitative estimate of drug-likeness (QED) is 0.596. The first-order chi connectivity index (χ1) is 15.5. The van der Waals surface area contributed by atoms with E-state index in [1.54, 1.807) is 0 Å². The molecule has 168 valence electrons. The molecular weight excluding hydrogens is 414 g/mol. The molecule has 1 aliphatic carbocycles. The van der Waals surface area contributed by atoms with Crippen LogP contribution in [0.4, 0.5) is 8.78 Å². The van der Waals surface area contributed by atoms with Crippen LogP contribution in [0.3, 0.4) is 0 Å². The van der Waals surface area contributed by atoms with Gasteiger partial charge in [-0.2, -0.15) is 5.10 Å². The Morgan fingerprint density at radius 2 is 1.91 bits per heavy atom. The number of halogens is 2. The van der Waals surface area contributed by atoms with E-state index in [-0.39, 0.29) is 17.9 Å². The Kier molecular flexibility index (Phi) is 5.63. The van der Waals surface area contributed by atoms with E-state index >= 15 is 0 Å². The number of carbonyl (C=O) groups is 1. The third-order valence-corrected chi connectivity index (χ3v) is 6.67. The molecule has 0 N–H and O–H groups in total. The van der Waals surface area contributed by atoms with Crippen molar-refractivity contribution in [1.29, 1.82) is 0 Å². The molecule has 1 saturated heterocycles. The minimum atomic E-state index is -0.901. The van der Waals surface area contributed by atoms with Gasteiger partial charge in [-0.25, -0.2) is 23.3 Å². The van der Waals surface area contributed by atoms with E-state index in [1.807, 2.05) is 23.7 Å². The van der Waals surface area contributed by atoms with Gasteiger partial charge < -0.3 is 0 Å². The third kappa shape index (κ3) is 4.11. The molecule has 1 aliphatic heterocycles. The van der Waals surface area contributed by atoms with Gasteiger partial charge in [0.25, 0.3) is 0 Å². The summed E-state index contributed by atoms with van der Waals surface area (Å²) in [6, 6.07) is 7.53. The molecule has 0 unspecified atom stereocenters. The number of aryl methyl sites for hydroxylation is 1. The summed E-state index contributed by atoms with van der Waals surface area (Å²) in [7, 11) is 0. The van der Waals surface area contributed by atoms with Gasteiger partial charge >= 0.3 is 0 Å². The van der Waals surface area contributed by atoms with Crippen molar-refractivity contribution in [2.24, 2.45) is 11.8 Å². The first kappa shape index (κ1) is 21.0. The van der Waals surface area contributed by atoms with Crippen LogP contribution < -0.4 is 0 Å². The van der Waals surface area contributed by atoms with Crippen LogP contribution in [0.1, 0.15) is 55.1 Å². The number of nitrogens with zero attached hydrogens (tertiary/aromatic N) is 4. The number of rotatable bonds is 4. The van der Waals surface area contributed by atoms with Crippen molar-refractivity contribution in [1.82, 2.24) is 19.7 Å². The third-order valence-electron chi connectivity index (χ3n) is 6.67. The van der Waals surface area contributed by atoms with Gasteiger partial charge in [0.05, 0.1) is 12.6 Å². The van der Waals surface area contributed by atoms with Crippen molar-refractivity contribution in [3.05, 3.63) is 65.1 Å². The maximum absolute atomic E-state index is 13.7. The average Bonchev–Trinajstić information content (AvgIpc) is 3.41. The average molecular weight is 440 g/mol. The van der Waals surface area contributed by atoms with Crippen LogP contribution >= 0.6 is 0 Å². The monoisotopic (exact) mass is 440 g/mol. The number of pyridine rings is 1. The fraction of sp³-hybridized carbons (Fsp3) is 0.458. The van der Waals surface area contributed by atoms with Crippen LogP contribution in [0.25, 0.3) is 5.65 Å². The molecule has 5 rings (SSSR count). The topological polar surface area (TPSA) is 59.7 Å². The molecule has 6 nitrogen and oxygen atoms in total. The van der Waals surface area contributed by atoms with E-state index in [4.69, 9.17) is 4.84 Å². The van der Waals surface area contributed by atoms with Crippen LogP contribution in [0.2, 0.25) is 0 Å². The molecule has 1 amide bonds. The summed E-state index contributed by atoms with van der Waals surface area (Å²) in [5.74, 6) is -0.661. The Bertz CT molecular complexity index is 1140. The van der Waals surface area contributed by atoms with Crippen molar-refractivity contribution < 1.29 is 18.4 Å². The zero-order chi connectivity index (χ0) is 22.2. The lowest BCUT2D eigenvalue weighted by Crippen LogP contribution is -2.36. The SMILES string of the molecule is Cc1nc2ccc(C[C@H]3CC[C@H](C(=O)N4OCC[C@H]4c4ccc(F)c(F)c4)CC3)cn2n1. The molecule has 3 aromatic rings. The van der Waals surface area contributed by atoms with Gasteiger partial charge in [0.1, 0.15) is 5.82 Å². The first-order valence-electron chi connectivity index (χ1n) is 11.2. The Labute approximate surface area is 185 Å². The Morgan fingerprint density at radius 1 is 1.09 bits per heavy atom. The van der Waals surface area contributed by atoms with E-state index in [0.717, 1.165) is 49.6 Å². The van der Waals surface area contributed by atoms with E-state index in [2.05, 4.69) is 16.1 Å². The summed E-state index contributed by atoms with van der Waals surface area (Å²) >= 11 is 0. The minimum absolute atomic E-state index is 0.0461. The Hall–Kier alpha value is -2.87. The lowest BCUT2D eigenvalue weighted by Gasteiger charge is -2.32. The standard InChI is InChI=1S/C24H26F2N4O2/c1-15-27-23-9-4-17(14-29(23)28-15)12-16-2-5-18(6-3-16)24(31)30-22(10-11-32-30)19-7-8-20(25)21(26)13-19/h4,7-9,13-14,16,18,22H,2-3,5-6,10-12H2,1H3/t16-,18-,22-/m0/s1. The maximum Gasteiger partial charge on any atom is 0.249 e. The predicted molar refractivity (Wildman–Crippen MR) is 113 cm³/mol. The molecular formula is C24H26F2N4O2. The summed E-state index contributed by atoms with van der Waals surface area (Å²) in [5.41, 5.74) is 2.64. The highest BCUT2D eigenvalue weighted by Gasteiger charge is 2.37. The zero-order valence-corrected chi connectivity index (χ0v) is 18.0. The molecule has 0 bridgehead atoms. The molecule has 8 heteroatoms. The second-order valence-electron chi connectivity index (χ2n) is 8.90. The number of fused-ring (bicyclic) bond motifs is 1.